The molecule has 2 aliphatic heterocycles. The Morgan fingerprint density at radius 1 is 1.06 bits per heavy atom. The standard InChI is InChI=1S/C22H30O14/c1-32-12-6-10(2-4-11(12)25)3-5-15(26)33-8-14-16(27)18(29)19(30)21(34-14)36-22(9-24)20(31)17(28)13(7-23)35-22/h2-6,13-14,16-21,23-25,27-31H,7-9H2,1H3. The molecule has 3 rings (SSSR count). The van der Waals surface area contributed by atoms with Gasteiger partial charge in [0.2, 0.25) is 5.79 Å². The third-order valence-electron chi connectivity index (χ3n) is 5.90. The number of benzene rings is 1. The van der Waals surface area contributed by atoms with Gasteiger partial charge in [-0.15, -0.1) is 0 Å². The zero-order valence-corrected chi connectivity index (χ0v) is 19.2. The Labute approximate surface area is 205 Å². The molecule has 0 aromatic heterocycles. The molecule has 2 saturated heterocycles. The number of rotatable bonds is 9. The molecule has 0 aliphatic carbocycles. The van der Waals surface area contributed by atoms with Gasteiger partial charge in [0.1, 0.15) is 55.9 Å². The van der Waals surface area contributed by atoms with E-state index in [0.29, 0.717) is 5.56 Å². The summed E-state index contributed by atoms with van der Waals surface area (Å²) in [4.78, 5) is 12.1. The highest BCUT2D eigenvalue weighted by molar-refractivity contribution is 5.87. The summed E-state index contributed by atoms with van der Waals surface area (Å²) in [5, 5.41) is 79.6. The number of carbonyl (C=O) groups is 1. The summed E-state index contributed by atoms with van der Waals surface area (Å²) in [6, 6.07) is 4.36. The van der Waals surface area contributed by atoms with Gasteiger partial charge in [0.05, 0.1) is 13.7 Å². The number of carbonyl (C=O) groups excluding carboxylic acids is 1. The van der Waals surface area contributed by atoms with Crippen LogP contribution in [0.4, 0.5) is 0 Å². The molecule has 0 saturated carbocycles. The van der Waals surface area contributed by atoms with E-state index in [-0.39, 0.29) is 11.5 Å². The molecule has 0 bridgehead atoms. The average molecular weight is 518 g/mol. The first-order valence-electron chi connectivity index (χ1n) is 10.9. The Balaban J connectivity index is 1.64. The second-order valence-corrected chi connectivity index (χ2v) is 8.27. The quantitative estimate of drug-likeness (QED) is 0.118. The normalized spacial score (nSPS) is 36.8. The Hall–Kier alpha value is -2.37. The molecule has 2 heterocycles. The van der Waals surface area contributed by atoms with E-state index in [1.165, 1.54) is 31.4 Å². The fourth-order valence-electron chi connectivity index (χ4n) is 3.79. The number of phenols is 1. The van der Waals surface area contributed by atoms with E-state index >= 15 is 0 Å². The summed E-state index contributed by atoms with van der Waals surface area (Å²) in [6.45, 7) is -2.34. The third-order valence-corrected chi connectivity index (χ3v) is 5.90. The molecular weight excluding hydrogens is 488 g/mol. The number of hydrogen-bond acceptors (Lipinski definition) is 14. The maximum absolute atomic E-state index is 12.1. The summed E-state index contributed by atoms with van der Waals surface area (Å²) in [7, 11) is 1.36. The van der Waals surface area contributed by atoms with Crippen LogP contribution in [0.3, 0.4) is 0 Å². The van der Waals surface area contributed by atoms with Crippen LogP contribution >= 0.6 is 0 Å². The molecule has 0 spiro atoms. The van der Waals surface area contributed by atoms with Crippen LogP contribution in [0.1, 0.15) is 5.56 Å². The molecule has 0 radical (unpaired) electrons. The summed E-state index contributed by atoms with van der Waals surface area (Å²) in [5.74, 6) is -3.07. The lowest BCUT2D eigenvalue weighted by Gasteiger charge is -2.43. The van der Waals surface area contributed by atoms with Crippen molar-refractivity contribution in [1.82, 2.24) is 0 Å². The van der Waals surface area contributed by atoms with E-state index in [4.69, 9.17) is 23.7 Å². The monoisotopic (exact) mass is 518 g/mol. The second-order valence-electron chi connectivity index (χ2n) is 8.27. The first kappa shape index (κ1) is 28.2. The fourth-order valence-corrected chi connectivity index (χ4v) is 3.79. The molecule has 202 valence electrons. The van der Waals surface area contributed by atoms with Crippen LogP contribution in [0.2, 0.25) is 0 Å². The van der Waals surface area contributed by atoms with Gasteiger partial charge in [0, 0.05) is 6.08 Å². The van der Waals surface area contributed by atoms with Crippen LogP contribution < -0.4 is 4.74 Å². The van der Waals surface area contributed by atoms with Gasteiger partial charge in [-0.25, -0.2) is 4.79 Å². The molecule has 9 atom stereocenters. The maximum atomic E-state index is 12.1. The van der Waals surface area contributed by atoms with E-state index in [1.54, 1.807) is 0 Å². The maximum Gasteiger partial charge on any atom is 0.330 e. The molecule has 0 amide bonds. The summed E-state index contributed by atoms with van der Waals surface area (Å²) in [6.07, 6.45) is -11.1. The SMILES string of the molecule is COc1cc(C=CC(=O)OCC2OC(OC3(CO)OC(CO)C(O)C3O)C(O)C(O)C2O)ccc1O. The Morgan fingerprint density at radius 3 is 2.39 bits per heavy atom. The van der Waals surface area contributed by atoms with Crippen LogP contribution in [0.25, 0.3) is 6.08 Å². The highest BCUT2D eigenvalue weighted by Gasteiger charge is 2.58. The van der Waals surface area contributed by atoms with E-state index < -0.39 is 80.6 Å². The van der Waals surface area contributed by atoms with Gasteiger partial charge in [-0.2, -0.15) is 0 Å². The number of aliphatic hydroxyl groups is 7. The van der Waals surface area contributed by atoms with Crippen molar-refractivity contribution in [3.05, 3.63) is 29.8 Å². The second kappa shape index (κ2) is 11.8. The van der Waals surface area contributed by atoms with Crippen molar-refractivity contribution in [2.45, 2.75) is 54.8 Å². The number of hydrogen-bond donors (Lipinski definition) is 8. The van der Waals surface area contributed by atoms with Gasteiger partial charge < -0.3 is 64.5 Å². The average Bonchev–Trinajstić information content (AvgIpc) is 3.12. The van der Waals surface area contributed by atoms with Crippen molar-refractivity contribution in [2.75, 3.05) is 26.9 Å². The smallest absolute Gasteiger partial charge is 0.330 e. The van der Waals surface area contributed by atoms with Gasteiger partial charge in [-0.3, -0.25) is 0 Å². The van der Waals surface area contributed by atoms with Gasteiger partial charge in [0.25, 0.3) is 0 Å². The van der Waals surface area contributed by atoms with E-state index in [9.17, 15) is 45.6 Å². The number of ether oxygens (including phenoxy) is 5. The predicted octanol–water partition coefficient (Wildman–Crippen LogP) is -3.42. The Kier molecular flexibility index (Phi) is 9.23. The molecular formula is C22H30O14. The molecule has 9 unspecified atom stereocenters. The molecule has 14 heteroatoms. The predicted molar refractivity (Wildman–Crippen MR) is 116 cm³/mol. The Morgan fingerprint density at radius 2 is 1.78 bits per heavy atom. The number of aromatic hydroxyl groups is 1. The topological polar surface area (TPSA) is 225 Å². The van der Waals surface area contributed by atoms with Crippen LogP contribution in [-0.2, 0) is 23.7 Å². The first-order valence-corrected chi connectivity index (χ1v) is 10.9. The van der Waals surface area contributed by atoms with Gasteiger partial charge in [-0.1, -0.05) is 6.07 Å². The molecule has 14 nitrogen and oxygen atoms in total. The lowest BCUT2D eigenvalue weighted by molar-refractivity contribution is -0.383. The lowest BCUT2D eigenvalue weighted by atomic mass is 9.99. The summed E-state index contributed by atoms with van der Waals surface area (Å²) >= 11 is 0. The van der Waals surface area contributed by atoms with E-state index in [1.807, 2.05) is 0 Å². The number of aliphatic hydroxyl groups excluding tert-OH is 7. The van der Waals surface area contributed by atoms with Crippen LogP contribution in [0.15, 0.2) is 24.3 Å². The largest absolute Gasteiger partial charge is 0.504 e. The van der Waals surface area contributed by atoms with E-state index in [0.717, 1.165) is 6.08 Å². The molecule has 1 aromatic carbocycles. The number of methoxy groups -OCH3 is 1. The Bertz CT molecular complexity index is 924. The van der Waals surface area contributed by atoms with Gasteiger partial charge in [-0.05, 0) is 23.8 Å². The minimum Gasteiger partial charge on any atom is -0.504 e. The molecule has 2 aliphatic rings. The zero-order chi connectivity index (χ0) is 26.6. The van der Waals surface area contributed by atoms with Crippen molar-refractivity contribution >= 4 is 12.0 Å². The fraction of sp³-hybridized carbons (Fsp3) is 0.591. The molecule has 2 fully saturated rings. The summed E-state index contributed by atoms with van der Waals surface area (Å²) in [5.41, 5.74) is 0.510. The number of phenolic OH excluding ortho intramolecular Hbond substituents is 1. The van der Waals surface area contributed by atoms with Crippen LogP contribution in [0, 0.1) is 0 Å². The van der Waals surface area contributed by atoms with Crippen molar-refractivity contribution in [3.8, 4) is 11.5 Å². The molecule has 8 N–H and O–H groups in total. The summed E-state index contributed by atoms with van der Waals surface area (Å²) < 4.78 is 26.0. The highest BCUT2D eigenvalue weighted by atomic mass is 16.8. The van der Waals surface area contributed by atoms with Crippen molar-refractivity contribution in [3.63, 3.8) is 0 Å². The van der Waals surface area contributed by atoms with Gasteiger partial charge >= 0.3 is 5.97 Å². The highest BCUT2D eigenvalue weighted by Crippen LogP contribution is 2.36. The minimum atomic E-state index is -2.32. The van der Waals surface area contributed by atoms with E-state index in [2.05, 4.69) is 0 Å². The van der Waals surface area contributed by atoms with Crippen LogP contribution in [0.5, 0.6) is 11.5 Å². The zero-order valence-electron chi connectivity index (χ0n) is 19.2. The van der Waals surface area contributed by atoms with Crippen LogP contribution in [-0.4, -0.2) is 129 Å². The van der Waals surface area contributed by atoms with Crippen molar-refractivity contribution in [2.24, 2.45) is 0 Å². The third kappa shape index (κ3) is 5.78. The first-order chi connectivity index (χ1) is 17.1. The molecule has 36 heavy (non-hydrogen) atoms. The minimum absolute atomic E-state index is 0.0851. The lowest BCUT2D eigenvalue weighted by Crippen LogP contribution is -2.62. The van der Waals surface area contributed by atoms with Crippen molar-refractivity contribution in [1.29, 1.82) is 0 Å². The number of esters is 1. The van der Waals surface area contributed by atoms with Crippen molar-refractivity contribution < 1.29 is 69.3 Å². The molecule has 1 aromatic rings. The van der Waals surface area contributed by atoms with Gasteiger partial charge in [0.15, 0.2) is 17.8 Å².